The zero-order valence-corrected chi connectivity index (χ0v) is 29.3. The number of fused-ring (bicyclic) bond motifs is 4. The first kappa shape index (κ1) is 30.3. The Hall–Kier alpha value is -5.80. The van der Waals surface area contributed by atoms with Crippen molar-refractivity contribution in [1.82, 2.24) is 0 Å². The maximum Gasteiger partial charge on any atom is 0.247 e. The zero-order valence-electron chi connectivity index (χ0n) is 29.3. The lowest BCUT2D eigenvalue weighted by molar-refractivity contribution is 1.17. The van der Waals surface area contributed by atoms with E-state index in [4.69, 9.17) is 0 Å². The monoisotopic (exact) mass is 642 g/mol. The second-order valence-electron chi connectivity index (χ2n) is 14.1. The Morgan fingerprint density at radius 2 is 0.960 bits per heavy atom. The lowest BCUT2D eigenvalue weighted by Crippen LogP contribution is -2.59. The van der Waals surface area contributed by atoms with E-state index in [1.165, 1.54) is 94.9 Å². The van der Waals surface area contributed by atoms with Gasteiger partial charge in [-0.3, -0.25) is 0 Å². The molecule has 2 nitrogen and oxygen atoms in total. The minimum absolute atomic E-state index is 0.0799. The number of nitrogens with zero attached hydrogens (tertiary/aromatic N) is 2. The number of para-hydroxylation sites is 3. The molecular weight excluding hydrogens is 603 g/mol. The lowest BCUT2D eigenvalue weighted by Gasteiger charge is -2.46. The third kappa shape index (κ3) is 4.64. The molecule has 0 aliphatic carbocycles. The molecule has 0 N–H and O–H groups in total. The average Bonchev–Trinajstić information content (AvgIpc) is 3.12. The molecule has 3 heteroatoms. The summed E-state index contributed by atoms with van der Waals surface area (Å²) in [5.41, 5.74) is 22.9. The van der Waals surface area contributed by atoms with Gasteiger partial charge in [0.1, 0.15) is 0 Å². The highest BCUT2D eigenvalue weighted by Gasteiger charge is 2.42. The highest BCUT2D eigenvalue weighted by atomic mass is 15.3. The Kier molecular flexibility index (Phi) is 7.07. The van der Waals surface area contributed by atoms with Gasteiger partial charge >= 0.3 is 0 Å². The molecule has 50 heavy (non-hydrogen) atoms. The lowest BCUT2D eigenvalue weighted by atomic mass is 9.33. The standard InChI is InChI=1S/C47H39BN2/c1-30-27-33(4)46(34(5)28-30)48-40-17-12-20-45-47(40)50(42-26-23-36(29-41(42)48)39-16-9-7-14-32(39)3)44-19-11-10-18-43(44)49(45)37-24-21-35(22-25-37)38-15-8-6-13-31(38)2/h6-29H,1-5H3. The second kappa shape index (κ2) is 11.7. The van der Waals surface area contributed by atoms with E-state index in [9.17, 15) is 0 Å². The summed E-state index contributed by atoms with van der Waals surface area (Å²) in [5.74, 6) is 0. The molecule has 9 rings (SSSR count). The van der Waals surface area contributed by atoms with Gasteiger partial charge in [0.2, 0.25) is 6.71 Å². The van der Waals surface area contributed by atoms with Crippen LogP contribution in [0.1, 0.15) is 27.8 Å². The summed E-state index contributed by atoms with van der Waals surface area (Å²) in [7, 11) is 0. The van der Waals surface area contributed by atoms with Crippen molar-refractivity contribution in [2.45, 2.75) is 34.6 Å². The van der Waals surface area contributed by atoms with Crippen LogP contribution in [0.2, 0.25) is 0 Å². The molecule has 2 aliphatic heterocycles. The van der Waals surface area contributed by atoms with E-state index in [1.54, 1.807) is 0 Å². The summed E-state index contributed by atoms with van der Waals surface area (Å²) < 4.78 is 0. The van der Waals surface area contributed by atoms with Crippen LogP contribution in [0.25, 0.3) is 22.3 Å². The molecule has 0 aromatic heterocycles. The van der Waals surface area contributed by atoms with E-state index in [0.717, 1.165) is 5.69 Å². The molecule has 7 aromatic carbocycles. The SMILES string of the molecule is Cc1cc(C)c(B2c3cc(-c4ccccc4C)ccc3N3c4ccccc4N(c4ccc(-c5ccccc5C)cc4)c4cccc2c43)c(C)c1. The molecule has 0 unspecified atom stereocenters. The van der Waals surface area contributed by atoms with E-state index >= 15 is 0 Å². The molecule has 0 spiro atoms. The highest BCUT2D eigenvalue weighted by molar-refractivity contribution is 6.98. The summed E-state index contributed by atoms with van der Waals surface area (Å²) in [4.78, 5) is 5.00. The zero-order chi connectivity index (χ0) is 34.1. The Morgan fingerprint density at radius 3 is 1.62 bits per heavy atom. The summed E-state index contributed by atoms with van der Waals surface area (Å²) >= 11 is 0. The number of rotatable bonds is 4. The number of hydrogen-bond donors (Lipinski definition) is 0. The molecule has 0 amide bonds. The molecule has 0 fully saturated rings. The number of benzene rings is 7. The van der Waals surface area contributed by atoms with Crippen LogP contribution >= 0.6 is 0 Å². The van der Waals surface area contributed by atoms with Crippen LogP contribution in [-0.2, 0) is 0 Å². The Balaban J connectivity index is 1.30. The van der Waals surface area contributed by atoms with Crippen LogP contribution in [0, 0.1) is 34.6 Å². The van der Waals surface area contributed by atoms with Gasteiger partial charge in [-0.2, -0.15) is 0 Å². The van der Waals surface area contributed by atoms with Gasteiger partial charge in [0, 0.05) is 11.4 Å². The van der Waals surface area contributed by atoms with E-state index in [1.807, 2.05) is 0 Å². The van der Waals surface area contributed by atoms with E-state index in [0.29, 0.717) is 0 Å². The maximum absolute atomic E-state index is 2.53. The summed E-state index contributed by atoms with van der Waals surface area (Å²) in [6, 6.07) is 54.2. The van der Waals surface area contributed by atoms with Crippen LogP contribution in [-0.4, -0.2) is 6.71 Å². The second-order valence-corrected chi connectivity index (χ2v) is 14.1. The van der Waals surface area contributed by atoms with Crippen molar-refractivity contribution >= 4 is 57.2 Å². The Bertz CT molecular complexity index is 2440. The highest BCUT2D eigenvalue weighted by Crippen LogP contribution is 2.54. The molecule has 0 atom stereocenters. The van der Waals surface area contributed by atoms with Crippen LogP contribution in [0.4, 0.5) is 34.1 Å². The van der Waals surface area contributed by atoms with E-state index < -0.39 is 0 Å². The summed E-state index contributed by atoms with van der Waals surface area (Å²) in [6.45, 7) is 11.3. The largest absolute Gasteiger partial charge is 0.307 e. The van der Waals surface area contributed by atoms with Gasteiger partial charge < -0.3 is 9.80 Å². The van der Waals surface area contributed by atoms with Crippen LogP contribution < -0.4 is 26.2 Å². The molecule has 0 radical (unpaired) electrons. The van der Waals surface area contributed by atoms with Crippen molar-refractivity contribution in [2.75, 3.05) is 9.80 Å². The van der Waals surface area contributed by atoms with Gasteiger partial charge in [0.15, 0.2) is 0 Å². The fourth-order valence-corrected chi connectivity index (χ4v) is 8.69. The average molecular weight is 643 g/mol. The van der Waals surface area contributed by atoms with Gasteiger partial charge in [-0.05, 0) is 115 Å². The predicted octanol–water partition coefficient (Wildman–Crippen LogP) is 10.6. The Morgan fingerprint density at radius 1 is 0.400 bits per heavy atom. The molecule has 7 aromatic rings. The van der Waals surface area contributed by atoms with Crippen LogP contribution in [0.5, 0.6) is 0 Å². The molecule has 0 saturated heterocycles. The first-order valence-corrected chi connectivity index (χ1v) is 17.6. The predicted molar refractivity (Wildman–Crippen MR) is 215 cm³/mol. The van der Waals surface area contributed by atoms with Gasteiger partial charge in [-0.15, -0.1) is 0 Å². The van der Waals surface area contributed by atoms with Crippen molar-refractivity contribution in [3.63, 3.8) is 0 Å². The molecule has 2 aliphatic rings. The van der Waals surface area contributed by atoms with Crippen molar-refractivity contribution in [3.05, 3.63) is 173 Å². The molecule has 2 heterocycles. The van der Waals surface area contributed by atoms with Crippen molar-refractivity contribution in [1.29, 1.82) is 0 Å². The van der Waals surface area contributed by atoms with Gasteiger partial charge in [-0.1, -0.05) is 131 Å². The fraction of sp³-hybridized carbons (Fsp3) is 0.106. The maximum atomic E-state index is 2.53. The van der Waals surface area contributed by atoms with Crippen LogP contribution in [0.3, 0.4) is 0 Å². The van der Waals surface area contributed by atoms with Gasteiger partial charge in [-0.25, -0.2) is 0 Å². The summed E-state index contributed by atoms with van der Waals surface area (Å²) in [5, 5.41) is 0. The first-order valence-electron chi connectivity index (χ1n) is 17.6. The van der Waals surface area contributed by atoms with Gasteiger partial charge in [0.25, 0.3) is 0 Å². The minimum atomic E-state index is 0.0799. The summed E-state index contributed by atoms with van der Waals surface area (Å²) in [6.07, 6.45) is 0. The molecule has 0 bridgehead atoms. The van der Waals surface area contributed by atoms with Crippen molar-refractivity contribution in [3.8, 4) is 22.3 Å². The number of hydrogen-bond acceptors (Lipinski definition) is 2. The topological polar surface area (TPSA) is 6.48 Å². The fourth-order valence-electron chi connectivity index (χ4n) is 8.69. The van der Waals surface area contributed by atoms with Crippen molar-refractivity contribution in [2.24, 2.45) is 0 Å². The van der Waals surface area contributed by atoms with Gasteiger partial charge in [0.05, 0.1) is 22.7 Å². The third-order valence-corrected chi connectivity index (χ3v) is 10.8. The minimum Gasteiger partial charge on any atom is -0.307 e. The van der Waals surface area contributed by atoms with E-state index in [-0.39, 0.29) is 6.71 Å². The normalized spacial score (nSPS) is 12.8. The molecule has 240 valence electrons. The number of anilines is 6. The molecule has 0 saturated carbocycles. The first-order chi connectivity index (χ1) is 24.4. The van der Waals surface area contributed by atoms with Crippen molar-refractivity contribution < 1.29 is 0 Å². The van der Waals surface area contributed by atoms with E-state index in [2.05, 4.69) is 190 Å². The quantitative estimate of drug-likeness (QED) is 0.176. The smallest absolute Gasteiger partial charge is 0.247 e. The number of aryl methyl sites for hydroxylation is 5. The Labute approximate surface area is 296 Å². The van der Waals surface area contributed by atoms with Crippen LogP contribution in [0.15, 0.2) is 146 Å². The third-order valence-electron chi connectivity index (χ3n) is 10.8. The molecular formula is C47H39BN2.